The van der Waals surface area contributed by atoms with E-state index in [1.807, 2.05) is 6.20 Å². The van der Waals surface area contributed by atoms with Crippen LogP contribution in [0.3, 0.4) is 0 Å². The highest BCUT2D eigenvalue weighted by molar-refractivity contribution is 7.03. The van der Waals surface area contributed by atoms with E-state index in [2.05, 4.69) is 15.1 Å². The molecule has 0 aromatic carbocycles. The highest BCUT2D eigenvalue weighted by atomic mass is 32.1. The first-order valence-electron chi connectivity index (χ1n) is 6.00. The number of nitrogens with one attached hydrogen (secondary N) is 1. The average Bonchev–Trinajstić information content (AvgIpc) is 2.88. The van der Waals surface area contributed by atoms with Crippen LogP contribution in [0, 0.1) is 0 Å². The van der Waals surface area contributed by atoms with Crippen LogP contribution < -0.4 is 5.32 Å². The Balaban J connectivity index is 1.93. The minimum Gasteiger partial charge on any atom is -0.350 e. The molecule has 16 heavy (non-hydrogen) atoms. The van der Waals surface area contributed by atoms with Crippen LogP contribution in [0.2, 0.25) is 0 Å². The van der Waals surface area contributed by atoms with Crippen LogP contribution in [-0.2, 0) is 4.79 Å². The molecule has 1 saturated carbocycles. The molecular formula is C12H16N2OS. The van der Waals surface area contributed by atoms with E-state index >= 15 is 0 Å². The van der Waals surface area contributed by atoms with Gasteiger partial charge in [-0.15, -0.1) is 0 Å². The fraction of sp³-hybridized carbons (Fsp3) is 0.667. The maximum atomic E-state index is 11.7. The zero-order chi connectivity index (χ0) is 11.0. The van der Waals surface area contributed by atoms with Crippen molar-refractivity contribution in [3.05, 3.63) is 17.1 Å². The maximum Gasteiger partial charge on any atom is 0.221 e. The van der Waals surface area contributed by atoms with E-state index in [1.165, 1.54) is 36.4 Å². The summed E-state index contributed by atoms with van der Waals surface area (Å²) in [6.07, 6.45) is 8.66. The third kappa shape index (κ3) is 1.56. The first-order chi connectivity index (χ1) is 7.80. The molecule has 0 radical (unpaired) electrons. The van der Waals surface area contributed by atoms with Gasteiger partial charge in [0.05, 0.1) is 0 Å². The molecule has 1 spiro atoms. The van der Waals surface area contributed by atoms with Gasteiger partial charge in [-0.25, -0.2) is 4.37 Å². The summed E-state index contributed by atoms with van der Waals surface area (Å²) in [5, 5.41) is 5.34. The van der Waals surface area contributed by atoms with Gasteiger partial charge in [-0.05, 0) is 29.9 Å². The summed E-state index contributed by atoms with van der Waals surface area (Å²) in [6.45, 7) is 0. The Labute approximate surface area is 99.4 Å². The number of rotatable bonds is 1. The zero-order valence-corrected chi connectivity index (χ0v) is 10.1. The van der Waals surface area contributed by atoms with Crippen LogP contribution in [0.15, 0.2) is 11.6 Å². The smallest absolute Gasteiger partial charge is 0.221 e. The van der Waals surface area contributed by atoms with Crippen LogP contribution in [0.25, 0.3) is 0 Å². The van der Waals surface area contributed by atoms with Crippen molar-refractivity contribution in [3.8, 4) is 0 Å². The third-order valence-electron chi connectivity index (χ3n) is 4.04. The van der Waals surface area contributed by atoms with Gasteiger partial charge in [-0.3, -0.25) is 4.79 Å². The fourth-order valence-corrected chi connectivity index (χ4v) is 3.86. The second kappa shape index (κ2) is 3.84. The van der Waals surface area contributed by atoms with E-state index in [9.17, 15) is 4.79 Å². The molecule has 2 aliphatic rings. The normalized spacial score (nSPS) is 28.2. The van der Waals surface area contributed by atoms with E-state index in [4.69, 9.17) is 0 Å². The fourth-order valence-electron chi connectivity index (χ4n) is 3.27. The highest BCUT2D eigenvalue weighted by Gasteiger charge is 2.47. The number of carbonyl (C=O) groups excluding carboxylic acids is 1. The molecule has 1 aromatic heterocycles. The summed E-state index contributed by atoms with van der Waals surface area (Å²) in [5.41, 5.74) is 1.31. The molecule has 1 N–H and O–H groups in total. The molecule has 1 saturated heterocycles. The van der Waals surface area contributed by atoms with Crippen molar-refractivity contribution < 1.29 is 4.79 Å². The molecule has 2 fully saturated rings. The molecule has 4 heteroatoms. The number of carbonyl (C=O) groups is 1. The van der Waals surface area contributed by atoms with Crippen LogP contribution in [0.1, 0.15) is 50.0 Å². The predicted octanol–water partition coefficient (Wildman–Crippen LogP) is 2.45. The number of amides is 1. The second-order valence-electron chi connectivity index (χ2n) is 4.98. The third-order valence-corrected chi connectivity index (χ3v) is 4.65. The summed E-state index contributed by atoms with van der Waals surface area (Å²) in [5.74, 6) is 0.581. The first kappa shape index (κ1) is 10.3. The van der Waals surface area contributed by atoms with Crippen molar-refractivity contribution in [3.63, 3.8) is 0 Å². The summed E-state index contributed by atoms with van der Waals surface area (Å²) in [6, 6.07) is 0. The van der Waals surface area contributed by atoms with Crippen molar-refractivity contribution in [1.82, 2.24) is 9.69 Å². The minimum absolute atomic E-state index is 0.0537. The molecule has 1 unspecified atom stereocenters. The lowest BCUT2D eigenvalue weighted by Crippen LogP contribution is -2.46. The van der Waals surface area contributed by atoms with Crippen molar-refractivity contribution in [2.75, 3.05) is 0 Å². The largest absolute Gasteiger partial charge is 0.350 e. The van der Waals surface area contributed by atoms with Crippen LogP contribution in [-0.4, -0.2) is 15.8 Å². The standard InChI is InChI=1S/C12H16N2OS/c15-11-6-10(9-7-13-16-8-9)12(14-11)4-2-1-3-5-12/h7-8,10H,1-6H2,(H,14,15). The first-order valence-corrected chi connectivity index (χ1v) is 6.84. The molecule has 1 aliphatic carbocycles. The lowest BCUT2D eigenvalue weighted by atomic mass is 9.72. The van der Waals surface area contributed by atoms with E-state index in [1.54, 1.807) is 0 Å². The van der Waals surface area contributed by atoms with Gasteiger partial charge in [-0.1, -0.05) is 19.3 Å². The molecule has 3 rings (SSSR count). The molecule has 1 aromatic rings. The predicted molar refractivity (Wildman–Crippen MR) is 63.4 cm³/mol. The summed E-state index contributed by atoms with van der Waals surface area (Å²) >= 11 is 1.49. The Bertz CT molecular complexity index is 382. The SMILES string of the molecule is O=C1CC(c2cnsc2)C2(CCCCC2)N1. The Hall–Kier alpha value is -0.900. The Morgan fingerprint density at radius 2 is 2.19 bits per heavy atom. The maximum absolute atomic E-state index is 11.7. The van der Waals surface area contributed by atoms with E-state index in [0.29, 0.717) is 12.3 Å². The van der Waals surface area contributed by atoms with Crippen molar-refractivity contribution >= 4 is 17.4 Å². The number of nitrogens with zero attached hydrogens (tertiary/aromatic N) is 1. The quantitative estimate of drug-likeness (QED) is 0.813. The van der Waals surface area contributed by atoms with Crippen LogP contribution >= 0.6 is 11.5 Å². The lowest BCUT2D eigenvalue weighted by molar-refractivity contribution is -0.120. The van der Waals surface area contributed by atoms with Gasteiger partial charge < -0.3 is 5.32 Å². The molecule has 3 nitrogen and oxygen atoms in total. The summed E-state index contributed by atoms with van der Waals surface area (Å²) in [7, 11) is 0. The average molecular weight is 236 g/mol. The van der Waals surface area contributed by atoms with Gasteiger partial charge in [0.1, 0.15) is 0 Å². The van der Waals surface area contributed by atoms with Gasteiger partial charge in [0.15, 0.2) is 0 Å². The Kier molecular flexibility index (Phi) is 2.46. The van der Waals surface area contributed by atoms with Crippen molar-refractivity contribution in [2.45, 2.75) is 50.0 Å². The van der Waals surface area contributed by atoms with Gasteiger partial charge in [0.25, 0.3) is 0 Å². The number of hydrogen-bond donors (Lipinski definition) is 1. The van der Waals surface area contributed by atoms with E-state index in [-0.39, 0.29) is 11.4 Å². The molecule has 86 valence electrons. The van der Waals surface area contributed by atoms with E-state index < -0.39 is 0 Å². The van der Waals surface area contributed by atoms with Gasteiger partial charge in [0, 0.05) is 29.5 Å². The van der Waals surface area contributed by atoms with E-state index in [0.717, 1.165) is 12.8 Å². The number of hydrogen-bond acceptors (Lipinski definition) is 3. The van der Waals surface area contributed by atoms with Gasteiger partial charge in [0.2, 0.25) is 5.91 Å². The zero-order valence-electron chi connectivity index (χ0n) is 9.24. The molecule has 0 bridgehead atoms. The topological polar surface area (TPSA) is 42.0 Å². The monoisotopic (exact) mass is 236 g/mol. The molecule has 1 atom stereocenters. The molecule has 2 heterocycles. The highest BCUT2D eigenvalue weighted by Crippen LogP contribution is 2.45. The molecule has 1 aliphatic heterocycles. The molecule has 1 amide bonds. The Morgan fingerprint density at radius 3 is 2.88 bits per heavy atom. The second-order valence-corrected chi connectivity index (χ2v) is 5.64. The summed E-state index contributed by atoms with van der Waals surface area (Å²) < 4.78 is 4.17. The van der Waals surface area contributed by atoms with Crippen molar-refractivity contribution in [1.29, 1.82) is 0 Å². The number of aromatic nitrogens is 1. The minimum atomic E-state index is 0.0537. The molecular weight excluding hydrogens is 220 g/mol. The van der Waals surface area contributed by atoms with Gasteiger partial charge in [-0.2, -0.15) is 0 Å². The van der Waals surface area contributed by atoms with Crippen LogP contribution in [0.5, 0.6) is 0 Å². The summed E-state index contributed by atoms with van der Waals surface area (Å²) in [4.78, 5) is 11.7. The van der Waals surface area contributed by atoms with Gasteiger partial charge >= 0.3 is 0 Å². The van der Waals surface area contributed by atoms with Crippen molar-refractivity contribution in [2.24, 2.45) is 0 Å². The Morgan fingerprint density at radius 1 is 1.38 bits per heavy atom. The lowest BCUT2D eigenvalue weighted by Gasteiger charge is -2.38. The van der Waals surface area contributed by atoms with Crippen LogP contribution in [0.4, 0.5) is 0 Å².